The number of alkyl halides is 2. The maximum atomic E-state index is 14.7. The summed E-state index contributed by atoms with van der Waals surface area (Å²) in [7, 11) is 0. The van der Waals surface area contributed by atoms with Gasteiger partial charge >= 0.3 is 0 Å². The highest BCUT2D eigenvalue weighted by Gasteiger charge is 2.45. The van der Waals surface area contributed by atoms with Gasteiger partial charge in [0.2, 0.25) is 5.91 Å². The fourth-order valence-electron chi connectivity index (χ4n) is 4.42. The topological polar surface area (TPSA) is 47.4 Å². The van der Waals surface area contributed by atoms with Crippen LogP contribution in [0.5, 0.6) is 0 Å². The predicted molar refractivity (Wildman–Crippen MR) is 106 cm³/mol. The standard InChI is InChI=1S/C23H20F3N3O2/c24-19-7-3-4-8-20(19)29-13-16(11-27-29)21-17(9-10-31-21)22(30)28-12-15-5-1-2-6-18(15)23(25,26)14-28/h1-8,11,13,17,21H,9-10,12,14H2. The molecule has 0 bridgehead atoms. The van der Waals surface area contributed by atoms with E-state index in [0.29, 0.717) is 24.2 Å². The van der Waals surface area contributed by atoms with E-state index in [9.17, 15) is 18.0 Å². The lowest BCUT2D eigenvalue weighted by Crippen LogP contribution is -2.46. The minimum atomic E-state index is -3.10. The van der Waals surface area contributed by atoms with Gasteiger partial charge in [0, 0.05) is 30.5 Å². The Hall–Kier alpha value is -3.13. The number of amides is 1. The van der Waals surface area contributed by atoms with E-state index in [0.717, 1.165) is 0 Å². The summed E-state index contributed by atoms with van der Waals surface area (Å²) in [4.78, 5) is 14.5. The van der Waals surface area contributed by atoms with Crippen LogP contribution in [0.2, 0.25) is 0 Å². The summed E-state index contributed by atoms with van der Waals surface area (Å²) < 4.78 is 50.6. The number of aromatic nitrogens is 2. The molecule has 160 valence electrons. The Morgan fingerprint density at radius 2 is 1.90 bits per heavy atom. The van der Waals surface area contributed by atoms with Gasteiger partial charge in [-0.3, -0.25) is 4.79 Å². The fraction of sp³-hybridized carbons (Fsp3) is 0.304. The molecule has 2 unspecified atom stereocenters. The average Bonchev–Trinajstić information content (AvgIpc) is 3.42. The molecular weight excluding hydrogens is 407 g/mol. The molecule has 1 amide bonds. The molecular formula is C23H20F3N3O2. The van der Waals surface area contributed by atoms with Crippen LogP contribution < -0.4 is 0 Å². The van der Waals surface area contributed by atoms with Crippen LogP contribution in [-0.4, -0.2) is 33.7 Å². The summed E-state index contributed by atoms with van der Waals surface area (Å²) in [5, 5.41) is 4.20. The Balaban J connectivity index is 1.39. The minimum absolute atomic E-state index is 0.0237. The lowest BCUT2D eigenvalue weighted by atomic mass is 9.92. The number of hydrogen-bond donors (Lipinski definition) is 0. The quantitative estimate of drug-likeness (QED) is 0.629. The Kier molecular flexibility index (Phi) is 4.81. The average molecular weight is 427 g/mol. The van der Waals surface area contributed by atoms with Crippen LogP contribution in [0.25, 0.3) is 5.69 Å². The van der Waals surface area contributed by atoms with Crippen molar-refractivity contribution in [3.8, 4) is 5.69 Å². The summed E-state index contributed by atoms with van der Waals surface area (Å²) in [6.45, 7) is -0.171. The monoisotopic (exact) mass is 427 g/mol. The van der Waals surface area contributed by atoms with Crippen molar-refractivity contribution in [2.45, 2.75) is 25.0 Å². The van der Waals surface area contributed by atoms with Crippen LogP contribution in [0.4, 0.5) is 13.2 Å². The third-order valence-corrected chi connectivity index (χ3v) is 5.91. The molecule has 1 saturated heterocycles. The Labute approximate surface area is 177 Å². The number of para-hydroxylation sites is 1. The minimum Gasteiger partial charge on any atom is -0.373 e. The number of nitrogens with zero attached hydrogens (tertiary/aromatic N) is 3. The van der Waals surface area contributed by atoms with E-state index in [4.69, 9.17) is 4.74 Å². The van der Waals surface area contributed by atoms with Gasteiger partial charge < -0.3 is 9.64 Å². The van der Waals surface area contributed by atoms with E-state index in [1.165, 1.54) is 27.9 Å². The van der Waals surface area contributed by atoms with Gasteiger partial charge in [0.15, 0.2) is 0 Å². The predicted octanol–water partition coefficient (Wildman–Crippen LogP) is 4.22. The molecule has 2 aliphatic rings. The van der Waals surface area contributed by atoms with Crippen LogP contribution in [0.1, 0.15) is 29.2 Å². The zero-order valence-electron chi connectivity index (χ0n) is 16.5. The first-order chi connectivity index (χ1) is 14.9. The molecule has 3 heterocycles. The lowest BCUT2D eigenvalue weighted by Gasteiger charge is -2.36. The molecule has 0 N–H and O–H groups in total. The van der Waals surface area contributed by atoms with Gasteiger partial charge in [0.05, 0.1) is 24.8 Å². The van der Waals surface area contributed by atoms with Crippen LogP contribution in [0.3, 0.4) is 0 Å². The van der Waals surface area contributed by atoms with Crippen LogP contribution in [0, 0.1) is 11.7 Å². The molecule has 2 atom stereocenters. The van der Waals surface area contributed by atoms with Crippen molar-refractivity contribution in [3.63, 3.8) is 0 Å². The summed E-state index contributed by atoms with van der Waals surface area (Å²) in [5.74, 6) is -4.49. The molecule has 0 radical (unpaired) electrons. The van der Waals surface area contributed by atoms with Crippen molar-refractivity contribution in [1.82, 2.24) is 14.7 Å². The Morgan fingerprint density at radius 1 is 1.13 bits per heavy atom. The number of hydrogen-bond acceptors (Lipinski definition) is 3. The van der Waals surface area contributed by atoms with Crippen LogP contribution >= 0.6 is 0 Å². The lowest BCUT2D eigenvalue weighted by molar-refractivity contribution is -0.146. The van der Waals surface area contributed by atoms with Gasteiger partial charge in [-0.2, -0.15) is 13.9 Å². The van der Waals surface area contributed by atoms with Gasteiger partial charge in [-0.1, -0.05) is 36.4 Å². The van der Waals surface area contributed by atoms with E-state index in [1.807, 2.05) is 0 Å². The first kappa shape index (κ1) is 19.8. The summed E-state index contributed by atoms with van der Waals surface area (Å²) in [6.07, 6.45) is 2.97. The number of halogens is 3. The Bertz CT molecular complexity index is 1130. The third kappa shape index (κ3) is 3.50. The molecule has 5 nitrogen and oxygen atoms in total. The molecule has 2 aliphatic heterocycles. The van der Waals surface area contributed by atoms with Gasteiger partial charge in [0.25, 0.3) is 5.92 Å². The second-order valence-electron chi connectivity index (χ2n) is 7.91. The highest BCUT2D eigenvalue weighted by atomic mass is 19.3. The summed E-state index contributed by atoms with van der Waals surface area (Å²) >= 11 is 0. The molecule has 1 fully saturated rings. The first-order valence-corrected chi connectivity index (χ1v) is 10.1. The van der Waals surface area contributed by atoms with Crippen LogP contribution in [0.15, 0.2) is 60.9 Å². The Morgan fingerprint density at radius 3 is 2.74 bits per heavy atom. The van der Waals surface area contributed by atoms with Crippen molar-refractivity contribution in [3.05, 3.63) is 83.4 Å². The van der Waals surface area contributed by atoms with Gasteiger partial charge in [-0.05, 0) is 24.1 Å². The van der Waals surface area contributed by atoms with Crippen molar-refractivity contribution in [2.75, 3.05) is 13.2 Å². The molecule has 2 aromatic carbocycles. The van der Waals surface area contributed by atoms with E-state index in [2.05, 4.69) is 5.10 Å². The van der Waals surface area contributed by atoms with Crippen LogP contribution in [-0.2, 0) is 22.0 Å². The number of ether oxygens (including phenoxy) is 1. The fourth-order valence-corrected chi connectivity index (χ4v) is 4.42. The van der Waals surface area contributed by atoms with E-state index in [-0.39, 0.29) is 23.7 Å². The number of carbonyl (C=O) groups is 1. The van der Waals surface area contributed by atoms with E-state index >= 15 is 0 Å². The molecule has 0 spiro atoms. The van der Waals surface area contributed by atoms with Crippen molar-refractivity contribution >= 4 is 5.91 Å². The SMILES string of the molecule is O=C(C1CCOC1c1cnn(-c2ccccc2F)c1)N1Cc2ccccc2C(F)(F)C1. The maximum Gasteiger partial charge on any atom is 0.290 e. The second kappa shape index (κ2) is 7.53. The largest absolute Gasteiger partial charge is 0.373 e. The zero-order valence-corrected chi connectivity index (χ0v) is 16.5. The molecule has 3 aromatic rings. The van der Waals surface area contributed by atoms with Gasteiger partial charge in [0.1, 0.15) is 11.5 Å². The van der Waals surface area contributed by atoms with E-state index in [1.54, 1.807) is 42.6 Å². The smallest absolute Gasteiger partial charge is 0.290 e. The molecule has 0 saturated carbocycles. The van der Waals surface area contributed by atoms with Crippen molar-refractivity contribution in [1.29, 1.82) is 0 Å². The van der Waals surface area contributed by atoms with Gasteiger partial charge in [-0.25, -0.2) is 9.07 Å². The van der Waals surface area contributed by atoms with Gasteiger partial charge in [-0.15, -0.1) is 0 Å². The zero-order chi connectivity index (χ0) is 21.6. The summed E-state index contributed by atoms with van der Waals surface area (Å²) in [6, 6.07) is 12.5. The molecule has 1 aromatic heterocycles. The van der Waals surface area contributed by atoms with Crippen molar-refractivity contribution in [2.24, 2.45) is 5.92 Å². The normalized spacial score (nSPS) is 22.4. The molecule has 0 aliphatic carbocycles. The number of benzene rings is 2. The second-order valence-corrected chi connectivity index (χ2v) is 7.91. The van der Waals surface area contributed by atoms with E-state index < -0.39 is 30.3 Å². The molecule has 5 rings (SSSR count). The number of rotatable bonds is 3. The highest BCUT2D eigenvalue weighted by molar-refractivity contribution is 5.80. The van der Waals surface area contributed by atoms with Crippen molar-refractivity contribution < 1.29 is 22.7 Å². The maximum absolute atomic E-state index is 14.7. The first-order valence-electron chi connectivity index (χ1n) is 10.1. The number of carbonyl (C=O) groups excluding carboxylic acids is 1. The summed E-state index contributed by atoms with van der Waals surface area (Å²) in [5.41, 5.74) is 1.32. The molecule has 8 heteroatoms. The highest BCUT2D eigenvalue weighted by Crippen LogP contribution is 2.40. The molecule has 31 heavy (non-hydrogen) atoms. The number of fused-ring (bicyclic) bond motifs is 1. The third-order valence-electron chi connectivity index (χ3n) is 5.91.